The fourth-order valence-electron chi connectivity index (χ4n) is 1.30. The van der Waals surface area contributed by atoms with Crippen LogP contribution in [0.1, 0.15) is 17.0 Å². The first-order valence-electron chi connectivity index (χ1n) is 4.32. The van der Waals surface area contributed by atoms with Gasteiger partial charge in [-0.2, -0.15) is 13.2 Å². The Labute approximate surface area is 86.1 Å². The Bertz CT molecular complexity index is 376. The summed E-state index contributed by atoms with van der Waals surface area (Å²) in [7, 11) is 0. The standard InChI is InChI=1S/C11H10F3N/c1-2-8-4-3-5-9(6-8)10(7-15)11(12,13)14/h1,3-6,10H,7,15H2. The Kier molecular flexibility index (Phi) is 3.38. The van der Waals surface area contributed by atoms with Crippen molar-refractivity contribution in [2.45, 2.75) is 12.1 Å². The first kappa shape index (κ1) is 11.6. The van der Waals surface area contributed by atoms with E-state index in [1.54, 1.807) is 6.07 Å². The molecule has 1 nitrogen and oxygen atoms in total. The summed E-state index contributed by atoms with van der Waals surface area (Å²) in [5.41, 5.74) is 5.65. The van der Waals surface area contributed by atoms with Crippen molar-refractivity contribution in [3.8, 4) is 12.3 Å². The van der Waals surface area contributed by atoms with Crippen LogP contribution in [0.2, 0.25) is 0 Å². The highest BCUT2D eigenvalue weighted by Gasteiger charge is 2.39. The summed E-state index contributed by atoms with van der Waals surface area (Å²) in [4.78, 5) is 0. The zero-order valence-electron chi connectivity index (χ0n) is 7.88. The molecule has 0 fully saturated rings. The molecular weight excluding hydrogens is 203 g/mol. The Balaban J connectivity index is 3.09. The van der Waals surface area contributed by atoms with Crippen molar-refractivity contribution in [1.82, 2.24) is 0 Å². The Morgan fingerprint density at radius 2 is 2.07 bits per heavy atom. The van der Waals surface area contributed by atoms with Gasteiger partial charge >= 0.3 is 6.18 Å². The molecule has 1 aromatic rings. The lowest BCUT2D eigenvalue weighted by Gasteiger charge is -2.18. The molecule has 4 heteroatoms. The van der Waals surface area contributed by atoms with Gasteiger partial charge in [0.1, 0.15) is 0 Å². The smallest absolute Gasteiger partial charge is 0.330 e. The quantitative estimate of drug-likeness (QED) is 0.749. The minimum Gasteiger partial charge on any atom is -0.330 e. The van der Waals surface area contributed by atoms with Crippen molar-refractivity contribution >= 4 is 0 Å². The van der Waals surface area contributed by atoms with Crippen LogP contribution in [-0.4, -0.2) is 12.7 Å². The van der Waals surface area contributed by atoms with E-state index in [2.05, 4.69) is 5.92 Å². The van der Waals surface area contributed by atoms with Gasteiger partial charge in [-0.15, -0.1) is 6.42 Å². The highest BCUT2D eigenvalue weighted by molar-refractivity contribution is 5.37. The molecule has 0 aromatic heterocycles. The van der Waals surface area contributed by atoms with E-state index in [1.165, 1.54) is 18.2 Å². The molecule has 1 aromatic carbocycles. The van der Waals surface area contributed by atoms with Crippen molar-refractivity contribution in [1.29, 1.82) is 0 Å². The maximum Gasteiger partial charge on any atom is 0.396 e. The van der Waals surface area contributed by atoms with Crippen molar-refractivity contribution < 1.29 is 13.2 Å². The van der Waals surface area contributed by atoms with E-state index in [0.717, 1.165) is 0 Å². The summed E-state index contributed by atoms with van der Waals surface area (Å²) < 4.78 is 37.5. The SMILES string of the molecule is C#Cc1cccc(C(CN)C(F)(F)F)c1. The van der Waals surface area contributed by atoms with Crippen LogP contribution in [0.4, 0.5) is 13.2 Å². The van der Waals surface area contributed by atoms with Crippen LogP contribution in [0.15, 0.2) is 24.3 Å². The first-order chi connectivity index (χ1) is 6.99. The molecule has 0 heterocycles. The van der Waals surface area contributed by atoms with Gasteiger partial charge in [-0.3, -0.25) is 0 Å². The molecule has 0 aliphatic rings. The molecule has 0 amide bonds. The third-order valence-electron chi connectivity index (χ3n) is 2.09. The minimum atomic E-state index is -4.33. The molecule has 1 atom stereocenters. The van der Waals surface area contributed by atoms with Crippen LogP contribution in [0.25, 0.3) is 0 Å². The number of hydrogen-bond donors (Lipinski definition) is 1. The summed E-state index contributed by atoms with van der Waals surface area (Å²) >= 11 is 0. The summed E-state index contributed by atoms with van der Waals surface area (Å²) in [5, 5.41) is 0. The lowest BCUT2D eigenvalue weighted by atomic mass is 9.97. The van der Waals surface area contributed by atoms with Gasteiger partial charge in [-0.1, -0.05) is 18.1 Å². The maximum absolute atomic E-state index is 12.5. The van der Waals surface area contributed by atoms with Gasteiger partial charge < -0.3 is 5.73 Å². The number of halogens is 3. The summed E-state index contributed by atoms with van der Waals surface area (Å²) in [6.45, 7) is -0.475. The summed E-state index contributed by atoms with van der Waals surface area (Å²) in [5.74, 6) is 0.642. The van der Waals surface area contributed by atoms with Crippen LogP contribution in [0.3, 0.4) is 0 Å². The molecule has 2 N–H and O–H groups in total. The normalized spacial score (nSPS) is 13.3. The van der Waals surface area contributed by atoms with E-state index in [-0.39, 0.29) is 5.56 Å². The number of benzene rings is 1. The lowest BCUT2D eigenvalue weighted by molar-refractivity contribution is -0.148. The Morgan fingerprint density at radius 3 is 2.53 bits per heavy atom. The van der Waals surface area contributed by atoms with E-state index in [1.807, 2.05) is 0 Å². The van der Waals surface area contributed by atoms with Crippen LogP contribution in [-0.2, 0) is 0 Å². The van der Waals surface area contributed by atoms with Crippen LogP contribution in [0.5, 0.6) is 0 Å². The van der Waals surface area contributed by atoms with E-state index >= 15 is 0 Å². The van der Waals surface area contributed by atoms with Gasteiger partial charge in [0, 0.05) is 12.1 Å². The Hall–Kier alpha value is -1.47. The molecule has 0 saturated heterocycles. The number of hydrogen-bond acceptors (Lipinski definition) is 1. The highest BCUT2D eigenvalue weighted by Crippen LogP contribution is 2.33. The van der Waals surface area contributed by atoms with Crippen LogP contribution in [0, 0.1) is 12.3 Å². The van der Waals surface area contributed by atoms with Crippen molar-refractivity contribution in [3.63, 3.8) is 0 Å². The van der Waals surface area contributed by atoms with Gasteiger partial charge in [-0.05, 0) is 17.7 Å². The second kappa shape index (κ2) is 4.37. The zero-order chi connectivity index (χ0) is 11.5. The molecule has 15 heavy (non-hydrogen) atoms. The fourth-order valence-corrected chi connectivity index (χ4v) is 1.30. The van der Waals surface area contributed by atoms with Crippen molar-refractivity contribution in [3.05, 3.63) is 35.4 Å². The van der Waals surface area contributed by atoms with Gasteiger partial charge in [-0.25, -0.2) is 0 Å². The van der Waals surface area contributed by atoms with E-state index < -0.39 is 18.6 Å². The van der Waals surface area contributed by atoms with Crippen molar-refractivity contribution in [2.24, 2.45) is 5.73 Å². The second-order valence-electron chi connectivity index (χ2n) is 3.10. The monoisotopic (exact) mass is 213 g/mol. The lowest BCUT2D eigenvalue weighted by Crippen LogP contribution is -2.28. The molecule has 1 rings (SSSR count). The molecule has 0 aliphatic carbocycles. The molecule has 0 saturated carbocycles. The van der Waals surface area contributed by atoms with Gasteiger partial charge in [0.05, 0.1) is 5.92 Å². The fraction of sp³-hybridized carbons (Fsp3) is 0.273. The molecule has 0 bridgehead atoms. The number of alkyl halides is 3. The van der Waals surface area contributed by atoms with E-state index in [0.29, 0.717) is 5.56 Å². The predicted molar refractivity (Wildman–Crippen MR) is 52.2 cm³/mol. The van der Waals surface area contributed by atoms with Crippen LogP contribution < -0.4 is 5.73 Å². The van der Waals surface area contributed by atoms with Gasteiger partial charge in [0.25, 0.3) is 0 Å². The second-order valence-corrected chi connectivity index (χ2v) is 3.10. The van der Waals surface area contributed by atoms with E-state index in [9.17, 15) is 13.2 Å². The van der Waals surface area contributed by atoms with Gasteiger partial charge in [0.15, 0.2) is 0 Å². The minimum absolute atomic E-state index is 0.112. The maximum atomic E-state index is 12.5. The van der Waals surface area contributed by atoms with Crippen molar-refractivity contribution in [2.75, 3.05) is 6.54 Å². The first-order valence-corrected chi connectivity index (χ1v) is 4.32. The molecule has 0 radical (unpaired) electrons. The van der Waals surface area contributed by atoms with Crippen LogP contribution >= 0.6 is 0 Å². The predicted octanol–water partition coefficient (Wildman–Crippen LogP) is 2.27. The topological polar surface area (TPSA) is 26.0 Å². The highest BCUT2D eigenvalue weighted by atomic mass is 19.4. The average molecular weight is 213 g/mol. The third kappa shape index (κ3) is 2.74. The molecule has 0 spiro atoms. The average Bonchev–Trinajstić information content (AvgIpc) is 2.17. The molecule has 1 unspecified atom stereocenters. The largest absolute Gasteiger partial charge is 0.396 e. The third-order valence-corrected chi connectivity index (χ3v) is 2.09. The summed E-state index contributed by atoms with van der Waals surface area (Å²) in [6.07, 6.45) is 0.775. The summed E-state index contributed by atoms with van der Waals surface area (Å²) in [6, 6.07) is 5.79. The molecule has 0 aliphatic heterocycles. The molecule has 80 valence electrons. The molecular formula is C11H10F3N. The van der Waals surface area contributed by atoms with Gasteiger partial charge in [0.2, 0.25) is 0 Å². The Morgan fingerprint density at radius 1 is 1.40 bits per heavy atom. The number of nitrogens with two attached hydrogens (primary N) is 1. The number of rotatable bonds is 2. The van der Waals surface area contributed by atoms with E-state index in [4.69, 9.17) is 12.2 Å². The zero-order valence-corrected chi connectivity index (χ0v) is 7.88. The number of terminal acetylenes is 1.